The Hall–Kier alpha value is -2.94. The number of aromatic carboxylic acids is 1. The van der Waals surface area contributed by atoms with Crippen LogP contribution >= 0.6 is 15.9 Å². The van der Waals surface area contributed by atoms with Gasteiger partial charge in [0.15, 0.2) is 0 Å². The van der Waals surface area contributed by atoms with Crippen LogP contribution in [0.1, 0.15) is 27.2 Å². The van der Waals surface area contributed by atoms with Crippen molar-refractivity contribution in [1.29, 1.82) is 0 Å². The second-order valence-electron chi connectivity index (χ2n) is 7.72. The molecule has 0 fully saturated rings. The topological polar surface area (TPSA) is 87.8 Å². The summed E-state index contributed by atoms with van der Waals surface area (Å²) in [6.07, 6.45) is 0.562. The summed E-state index contributed by atoms with van der Waals surface area (Å²) >= 11 is 3.41. The van der Waals surface area contributed by atoms with Crippen molar-refractivity contribution in [3.8, 4) is 0 Å². The minimum absolute atomic E-state index is 0.0982. The van der Waals surface area contributed by atoms with E-state index in [9.17, 15) is 18.3 Å². The van der Waals surface area contributed by atoms with Gasteiger partial charge in [0.2, 0.25) is 15.8 Å². The summed E-state index contributed by atoms with van der Waals surface area (Å²) in [6, 6.07) is 21.7. The van der Waals surface area contributed by atoms with Crippen LogP contribution in [-0.2, 0) is 23.0 Å². The predicted molar refractivity (Wildman–Crippen MR) is 130 cm³/mol. The second kappa shape index (κ2) is 9.51. The van der Waals surface area contributed by atoms with E-state index < -0.39 is 16.0 Å². The Kier molecular flexibility index (Phi) is 6.69. The van der Waals surface area contributed by atoms with Gasteiger partial charge in [-0.2, -0.15) is 4.31 Å². The minimum Gasteiger partial charge on any atom is -0.475 e. The number of nitrogens with zero attached hydrogens (tertiary/aromatic N) is 1. The molecular weight excluding hydrogens is 506 g/mol. The van der Waals surface area contributed by atoms with Gasteiger partial charge in [0.1, 0.15) is 5.58 Å². The molecule has 1 aromatic heterocycles. The lowest BCUT2D eigenvalue weighted by molar-refractivity contribution is 0.0664. The van der Waals surface area contributed by atoms with Crippen molar-refractivity contribution < 1.29 is 22.7 Å². The van der Waals surface area contributed by atoms with Crippen molar-refractivity contribution in [3.05, 3.63) is 99.7 Å². The number of furan rings is 1. The van der Waals surface area contributed by atoms with Gasteiger partial charge < -0.3 is 9.52 Å². The number of benzene rings is 3. The first-order chi connectivity index (χ1) is 15.8. The highest BCUT2D eigenvalue weighted by Gasteiger charge is 2.26. The molecule has 33 heavy (non-hydrogen) atoms. The number of carbonyl (C=O) groups is 1. The number of halogens is 1. The molecule has 4 rings (SSSR count). The quantitative estimate of drug-likeness (QED) is 0.320. The van der Waals surface area contributed by atoms with Gasteiger partial charge in [-0.1, -0.05) is 58.4 Å². The molecular formula is C25H22BrNO5S. The Balaban J connectivity index is 1.71. The lowest BCUT2D eigenvalue weighted by Gasteiger charge is -2.23. The van der Waals surface area contributed by atoms with E-state index in [1.165, 1.54) is 22.5 Å². The predicted octanol–water partition coefficient (Wildman–Crippen LogP) is 5.64. The van der Waals surface area contributed by atoms with Crippen LogP contribution in [0.3, 0.4) is 0 Å². The van der Waals surface area contributed by atoms with Crippen molar-refractivity contribution >= 4 is 42.9 Å². The molecule has 0 aliphatic carbocycles. The molecule has 0 amide bonds. The largest absolute Gasteiger partial charge is 0.475 e. The first-order valence-corrected chi connectivity index (χ1v) is 12.5. The third-order valence-electron chi connectivity index (χ3n) is 5.50. The summed E-state index contributed by atoms with van der Waals surface area (Å²) < 4.78 is 35.1. The number of carboxylic acids is 1. The Morgan fingerprint density at radius 1 is 1.00 bits per heavy atom. The Morgan fingerprint density at radius 2 is 1.70 bits per heavy atom. The Labute approximate surface area is 200 Å². The number of hydrogen-bond donors (Lipinski definition) is 1. The fourth-order valence-corrected chi connectivity index (χ4v) is 5.41. The van der Waals surface area contributed by atoms with Gasteiger partial charge in [-0.05, 0) is 54.8 Å². The van der Waals surface area contributed by atoms with E-state index in [0.717, 1.165) is 15.6 Å². The molecule has 3 aromatic carbocycles. The first kappa shape index (κ1) is 23.2. The number of fused-ring (bicyclic) bond motifs is 1. The molecule has 6 nitrogen and oxygen atoms in total. The summed E-state index contributed by atoms with van der Waals surface area (Å²) in [5, 5.41) is 9.79. The fourth-order valence-electron chi connectivity index (χ4n) is 3.69. The highest BCUT2D eigenvalue weighted by Crippen LogP contribution is 2.29. The van der Waals surface area contributed by atoms with Crippen molar-refractivity contribution in [1.82, 2.24) is 4.31 Å². The molecule has 1 heterocycles. The van der Waals surface area contributed by atoms with Crippen LogP contribution in [0.4, 0.5) is 0 Å². The molecule has 0 saturated heterocycles. The van der Waals surface area contributed by atoms with Crippen molar-refractivity contribution in [2.24, 2.45) is 0 Å². The van der Waals surface area contributed by atoms with E-state index >= 15 is 0 Å². The monoisotopic (exact) mass is 527 g/mol. The van der Waals surface area contributed by atoms with Crippen LogP contribution in [0, 0.1) is 6.92 Å². The van der Waals surface area contributed by atoms with E-state index in [2.05, 4.69) is 15.9 Å². The maximum Gasteiger partial charge on any atom is 0.372 e. The van der Waals surface area contributed by atoms with Crippen LogP contribution in [0.5, 0.6) is 0 Å². The number of sulfonamides is 1. The maximum atomic E-state index is 13.7. The highest BCUT2D eigenvalue weighted by molar-refractivity contribution is 9.10. The van der Waals surface area contributed by atoms with Gasteiger partial charge in [0.25, 0.3) is 0 Å². The molecule has 0 spiro atoms. The minimum atomic E-state index is -3.87. The van der Waals surface area contributed by atoms with E-state index in [1.807, 2.05) is 54.6 Å². The molecule has 0 aliphatic heterocycles. The summed E-state index contributed by atoms with van der Waals surface area (Å²) in [4.78, 5) is 11.5. The highest BCUT2D eigenvalue weighted by atomic mass is 79.9. The van der Waals surface area contributed by atoms with Gasteiger partial charge >= 0.3 is 5.97 Å². The lowest BCUT2D eigenvalue weighted by atomic mass is 10.1. The van der Waals surface area contributed by atoms with Gasteiger partial charge in [0.05, 0.1) is 4.90 Å². The lowest BCUT2D eigenvalue weighted by Crippen LogP contribution is -2.32. The first-order valence-electron chi connectivity index (χ1n) is 10.3. The summed E-state index contributed by atoms with van der Waals surface area (Å²) in [5.41, 5.74) is 2.65. The number of aryl methyl sites for hydroxylation is 1. The number of carboxylic acid groups (broad SMARTS) is 1. The molecule has 0 bridgehead atoms. The van der Waals surface area contributed by atoms with Gasteiger partial charge in [-0.15, -0.1) is 0 Å². The summed E-state index contributed by atoms with van der Waals surface area (Å²) in [7, 11) is -3.87. The summed E-state index contributed by atoms with van der Waals surface area (Å²) in [5.74, 6) is -1.37. The van der Waals surface area contributed by atoms with E-state index in [1.54, 1.807) is 6.92 Å². The molecule has 0 aliphatic rings. The van der Waals surface area contributed by atoms with Gasteiger partial charge in [0, 0.05) is 28.5 Å². The van der Waals surface area contributed by atoms with E-state index in [0.29, 0.717) is 29.5 Å². The van der Waals surface area contributed by atoms with Gasteiger partial charge in [-0.3, -0.25) is 0 Å². The molecule has 4 aromatic rings. The van der Waals surface area contributed by atoms with E-state index in [-0.39, 0.29) is 17.2 Å². The van der Waals surface area contributed by atoms with Crippen molar-refractivity contribution in [2.45, 2.75) is 24.8 Å². The zero-order valence-corrected chi connectivity index (χ0v) is 20.3. The molecule has 0 radical (unpaired) electrons. The summed E-state index contributed by atoms with van der Waals surface area (Å²) in [6.45, 7) is 2.12. The maximum absolute atomic E-state index is 13.7. The third kappa shape index (κ3) is 5.03. The smallest absolute Gasteiger partial charge is 0.372 e. The SMILES string of the molecule is Cc1c(C(=O)O)oc2ccc(S(=O)(=O)N(CCc3ccccc3)Cc3ccc(Br)cc3)cc12. The second-order valence-corrected chi connectivity index (χ2v) is 10.6. The third-order valence-corrected chi connectivity index (χ3v) is 7.87. The number of rotatable bonds is 8. The van der Waals surface area contributed by atoms with Crippen LogP contribution < -0.4 is 0 Å². The molecule has 1 N–H and O–H groups in total. The van der Waals surface area contributed by atoms with Crippen molar-refractivity contribution in [2.75, 3.05) is 6.54 Å². The molecule has 0 atom stereocenters. The van der Waals surface area contributed by atoms with Crippen LogP contribution in [0.25, 0.3) is 11.0 Å². The number of hydrogen-bond acceptors (Lipinski definition) is 4. The standard InChI is InChI=1S/C25H22BrNO5S/c1-17-22-15-21(11-12-23(22)32-24(17)25(28)29)33(30,31)27(14-13-18-5-3-2-4-6-18)16-19-7-9-20(26)10-8-19/h2-12,15H,13-14,16H2,1H3,(H,28,29). The Morgan fingerprint density at radius 3 is 2.36 bits per heavy atom. The van der Waals surface area contributed by atoms with Crippen LogP contribution in [0.15, 0.2) is 86.6 Å². The average molecular weight is 528 g/mol. The van der Waals surface area contributed by atoms with E-state index in [4.69, 9.17) is 4.42 Å². The zero-order chi connectivity index (χ0) is 23.6. The van der Waals surface area contributed by atoms with Crippen molar-refractivity contribution in [3.63, 3.8) is 0 Å². The molecule has 170 valence electrons. The normalized spacial score (nSPS) is 11.8. The molecule has 0 unspecified atom stereocenters. The average Bonchev–Trinajstić information content (AvgIpc) is 3.14. The molecule has 8 heteroatoms. The molecule has 0 saturated carbocycles. The zero-order valence-electron chi connectivity index (χ0n) is 17.9. The van der Waals surface area contributed by atoms with Crippen LogP contribution in [0.2, 0.25) is 0 Å². The van der Waals surface area contributed by atoms with Gasteiger partial charge in [-0.25, -0.2) is 13.2 Å². The van der Waals surface area contributed by atoms with Crippen LogP contribution in [-0.4, -0.2) is 30.3 Å². The Bertz CT molecular complexity index is 1400. The fraction of sp³-hybridized carbons (Fsp3) is 0.160.